The van der Waals surface area contributed by atoms with E-state index in [1.54, 1.807) is 6.92 Å². The summed E-state index contributed by atoms with van der Waals surface area (Å²) in [5.74, 6) is -0.535. The van der Waals surface area contributed by atoms with Crippen molar-refractivity contribution in [2.24, 2.45) is 0 Å². The molecular formula is C12H16ClN3O4. The van der Waals surface area contributed by atoms with Gasteiger partial charge in [-0.25, -0.2) is 0 Å². The van der Waals surface area contributed by atoms with E-state index in [-0.39, 0.29) is 16.3 Å². The summed E-state index contributed by atoms with van der Waals surface area (Å²) in [5.41, 5.74) is -0.359. The van der Waals surface area contributed by atoms with Crippen LogP contribution in [-0.2, 0) is 0 Å². The number of aliphatic hydroxyl groups excluding tert-OH is 1. The first-order valence-corrected chi connectivity index (χ1v) is 6.40. The number of nitro benzene ring substituents is 1. The summed E-state index contributed by atoms with van der Waals surface area (Å²) in [6.07, 6.45) is -0.469. The van der Waals surface area contributed by atoms with E-state index in [9.17, 15) is 14.9 Å². The minimum Gasteiger partial charge on any atom is -0.392 e. The molecule has 0 aliphatic carbocycles. The second kappa shape index (κ2) is 7.78. The monoisotopic (exact) mass is 301 g/mol. The lowest BCUT2D eigenvalue weighted by atomic mass is 10.1. The van der Waals surface area contributed by atoms with Crippen LogP contribution in [0.15, 0.2) is 18.2 Å². The lowest BCUT2D eigenvalue weighted by molar-refractivity contribution is -0.385. The Morgan fingerprint density at radius 3 is 2.80 bits per heavy atom. The van der Waals surface area contributed by atoms with Crippen molar-refractivity contribution in [1.29, 1.82) is 0 Å². The summed E-state index contributed by atoms with van der Waals surface area (Å²) >= 11 is 5.67. The minimum absolute atomic E-state index is 0.0325. The molecule has 1 unspecified atom stereocenters. The van der Waals surface area contributed by atoms with E-state index in [1.807, 2.05) is 0 Å². The molecule has 8 heteroatoms. The maximum Gasteiger partial charge on any atom is 0.283 e. The van der Waals surface area contributed by atoms with Gasteiger partial charge in [-0.05, 0) is 19.1 Å². The van der Waals surface area contributed by atoms with E-state index in [2.05, 4.69) is 10.6 Å². The molecule has 20 heavy (non-hydrogen) atoms. The zero-order valence-corrected chi connectivity index (χ0v) is 11.7. The first kappa shape index (κ1) is 16.4. The number of rotatable bonds is 7. The predicted octanol–water partition coefficient (Wildman–Crippen LogP) is 0.948. The third kappa shape index (κ3) is 5.12. The molecule has 0 fully saturated rings. The maximum atomic E-state index is 11.8. The lowest BCUT2D eigenvalue weighted by Crippen LogP contribution is -2.34. The van der Waals surface area contributed by atoms with Crippen molar-refractivity contribution in [2.45, 2.75) is 13.0 Å². The highest BCUT2D eigenvalue weighted by atomic mass is 35.5. The van der Waals surface area contributed by atoms with Gasteiger partial charge in [0.2, 0.25) is 0 Å². The highest BCUT2D eigenvalue weighted by molar-refractivity contribution is 6.31. The van der Waals surface area contributed by atoms with Crippen LogP contribution in [0, 0.1) is 10.1 Å². The lowest BCUT2D eigenvalue weighted by Gasteiger charge is -2.08. The molecule has 0 aliphatic rings. The third-order valence-electron chi connectivity index (χ3n) is 2.43. The Labute approximate surface area is 121 Å². The number of hydrogen-bond acceptors (Lipinski definition) is 5. The van der Waals surface area contributed by atoms with Crippen LogP contribution in [0.4, 0.5) is 5.69 Å². The van der Waals surface area contributed by atoms with Gasteiger partial charge in [-0.15, -0.1) is 0 Å². The Kier molecular flexibility index (Phi) is 6.37. The fourth-order valence-corrected chi connectivity index (χ4v) is 1.68. The fraction of sp³-hybridized carbons (Fsp3) is 0.417. The zero-order valence-electron chi connectivity index (χ0n) is 10.9. The molecule has 7 nitrogen and oxygen atoms in total. The van der Waals surface area contributed by atoms with Crippen molar-refractivity contribution < 1.29 is 14.8 Å². The van der Waals surface area contributed by atoms with Crippen LogP contribution in [-0.4, -0.2) is 41.7 Å². The molecule has 3 N–H and O–H groups in total. The molecule has 0 bridgehead atoms. The van der Waals surface area contributed by atoms with Gasteiger partial charge in [0.05, 0.1) is 11.0 Å². The van der Waals surface area contributed by atoms with Crippen LogP contribution in [0.1, 0.15) is 17.3 Å². The van der Waals surface area contributed by atoms with Gasteiger partial charge in [0.15, 0.2) is 0 Å². The number of halogens is 1. The molecule has 110 valence electrons. The standard InChI is InChI=1S/C12H16ClN3O4/c1-8(17)7-14-4-5-15-12(18)10-3-2-9(13)6-11(10)16(19)20/h2-3,6,8,14,17H,4-5,7H2,1H3,(H,15,18). The van der Waals surface area contributed by atoms with Gasteiger partial charge in [-0.3, -0.25) is 14.9 Å². The van der Waals surface area contributed by atoms with Crippen molar-refractivity contribution in [3.63, 3.8) is 0 Å². The first-order chi connectivity index (χ1) is 9.41. The van der Waals surface area contributed by atoms with Crippen molar-refractivity contribution in [3.8, 4) is 0 Å². The number of hydrogen-bond donors (Lipinski definition) is 3. The first-order valence-electron chi connectivity index (χ1n) is 6.02. The third-order valence-corrected chi connectivity index (χ3v) is 2.66. The molecule has 0 saturated carbocycles. The smallest absolute Gasteiger partial charge is 0.283 e. The molecule has 0 spiro atoms. The number of nitro groups is 1. The normalized spacial score (nSPS) is 11.9. The fourth-order valence-electron chi connectivity index (χ4n) is 1.52. The summed E-state index contributed by atoms with van der Waals surface area (Å²) in [6.45, 7) is 2.81. The number of nitrogens with one attached hydrogen (secondary N) is 2. The molecular weight excluding hydrogens is 286 g/mol. The molecule has 1 atom stereocenters. The Bertz CT molecular complexity index is 494. The summed E-state index contributed by atoms with van der Waals surface area (Å²) in [7, 11) is 0. The number of nitrogens with zero attached hydrogens (tertiary/aromatic N) is 1. The summed E-state index contributed by atoms with van der Waals surface area (Å²) < 4.78 is 0. The van der Waals surface area contributed by atoms with Crippen LogP contribution in [0.2, 0.25) is 5.02 Å². The van der Waals surface area contributed by atoms with Crippen LogP contribution in [0.3, 0.4) is 0 Å². The molecule has 0 saturated heterocycles. The largest absolute Gasteiger partial charge is 0.392 e. The molecule has 0 aromatic heterocycles. The number of amides is 1. The van der Waals surface area contributed by atoms with Crippen molar-refractivity contribution >= 4 is 23.2 Å². The highest BCUT2D eigenvalue weighted by Crippen LogP contribution is 2.22. The number of benzene rings is 1. The topological polar surface area (TPSA) is 104 Å². The molecule has 1 rings (SSSR count). The van der Waals surface area contributed by atoms with E-state index >= 15 is 0 Å². The second-order valence-electron chi connectivity index (χ2n) is 4.23. The average Bonchev–Trinajstić information content (AvgIpc) is 2.37. The molecule has 1 aromatic carbocycles. The van der Waals surface area contributed by atoms with E-state index in [1.165, 1.54) is 12.1 Å². The Balaban J connectivity index is 2.57. The summed E-state index contributed by atoms with van der Waals surface area (Å²) in [5, 5.41) is 25.6. The SMILES string of the molecule is CC(O)CNCCNC(=O)c1ccc(Cl)cc1[N+](=O)[O-]. The van der Waals surface area contributed by atoms with Crippen LogP contribution < -0.4 is 10.6 Å². The van der Waals surface area contributed by atoms with E-state index in [0.29, 0.717) is 19.6 Å². The molecule has 0 aliphatic heterocycles. The summed E-state index contributed by atoms with van der Waals surface area (Å²) in [4.78, 5) is 22.1. The van der Waals surface area contributed by atoms with Gasteiger partial charge in [-0.1, -0.05) is 11.6 Å². The zero-order chi connectivity index (χ0) is 15.1. The predicted molar refractivity (Wildman–Crippen MR) is 75.0 cm³/mol. The number of carbonyl (C=O) groups excluding carboxylic acids is 1. The molecule has 0 heterocycles. The quantitative estimate of drug-likeness (QED) is 0.395. The molecule has 1 amide bonds. The van der Waals surface area contributed by atoms with Crippen molar-refractivity contribution in [1.82, 2.24) is 10.6 Å². The molecule has 0 radical (unpaired) electrons. The second-order valence-corrected chi connectivity index (χ2v) is 4.66. The van der Waals surface area contributed by atoms with Crippen LogP contribution >= 0.6 is 11.6 Å². The van der Waals surface area contributed by atoms with E-state index < -0.39 is 16.9 Å². The summed E-state index contributed by atoms with van der Waals surface area (Å²) in [6, 6.07) is 3.89. The Hall–Kier alpha value is -1.70. The van der Waals surface area contributed by atoms with Gasteiger partial charge >= 0.3 is 0 Å². The van der Waals surface area contributed by atoms with E-state index in [0.717, 1.165) is 6.07 Å². The number of carbonyl (C=O) groups is 1. The average molecular weight is 302 g/mol. The van der Waals surface area contributed by atoms with Gasteiger partial charge in [0.25, 0.3) is 11.6 Å². The van der Waals surface area contributed by atoms with Gasteiger partial charge in [-0.2, -0.15) is 0 Å². The van der Waals surface area contributed by atoms with Crippen molar-refractivity contribution in [3.05, 3.63) is 38.9 Å². The highest BCUT2D eigenvalue weighted by Gasteiger charge is 2.20. The Morgan fingerprint density at radius 1 is 1.50 bits per heavy atom. The van der Waals surface area contributed by atoms with Gasteiger partial charge < -0.3 is 15.7 Å². The van der Waals surface area contributed by atoms with Crippen molar-refractivity contribution in [2.75, 3.05) is 19.6 Å². The van der Waals surface area contributed by atoms with E-state index in [4.69, 9.17) is 16.7 Å². The van der Waals surface area contributed by atoms with Crippen LogP contribution in [0.5, 0.6) is 0 Å². The maximum absolute atomic E-state index is 11.8. The molecule has 1 aromatic rings. The minimum atomic E-state index is -0.646. The van der Waals surface area contributed by atoms with Gasteiger partial charge in [0, 0.05) is 30.7 Å². The Morgan fingerprint density at radius 2 is 2.20 bits per heavy atom. The van der Waals surface area contributed by atoms with Crippen LogP contribution in [0.25, 0.3) is 0 Å². The number of aliphatic hydroxyl groups is 1. The van der Waals surface area contributed by atoms with Gasteiger partial charge in [0.1, 0.15) is 5.56 Å².